The molecule has 0 fully saturated rings. The molecule has 0 spiro atoms. The Kier molecular flexibility index (Phi) is 12.3. The van der Waals surface area contributed by atoms with Crippen LogP contribution in [0.4, 0.5) is 0 Å². The van der Waals surface area contributed by atoms with Gasteiger partial charge < -0.3 is 41.3 Å². The SMILES string of the molecule is C[C-](C[Si](C)(C)C1=CC=CC1)C([NH-])=O.[Cl-].[Cl-].[Ti+4]. The number of carbonyl (C=O) groups is 1. The van der Waals surface area contributed by atoms with Gasteiger partial charge >= 0.3 is 21.7 Å². The Bertz CT molecular complexity index is 306. The molecule has 0 unspecified atom stereocenters. The van der Waals surface area contributed by atoms with E-state index in [-0.39, 0.29) is 46.5 Å². The van der Waals surface area contributed by atoms with Gasteiger partial charge in [-0.05, 0) is 6.42 Å². The molecule has 0 aliphatic heterocycles. The molecule has 0 radical (unpaired) electrons. The molecule has 0 saturated heterocycles. The van der Waals surface area contributed by atoms with Gasteiger partial charge in [-0.2, -0.15) is 13.0 Å². The molecule has 0 aromatic carbocycles. The first-order valence-electron chi connectivity index (χ1n) is 4.88. The average molecular weight is 326 g/mol. The second kappa shape index (κ2) is 9.29. The molecular formula is C11H17Cl2NOSiTi. The number of amides is 1. The Labute approximate surface area is 132 Å². The van der Waals surface area contributed by atoms with Crippen molar-refractivity contribution in [2.24, 2.45) is 0 Å². The minimum atomic E-state index is -1.48. The summed E-state index contributed by atoms with van der Waals surface area (Å²) in [5.74, 6) is 0.201. The average Bonchev–Trinajstić information content (AvgIpc) is 2.54. The first-order valence-corrected chi connectivity index (χ1v) is 8.09. The van der Waals surface area contributed by atoms with Crippen LogP contribution >= 0.6 is 0 Å². The number of nitrogens with one attached hydrogen (secondary N) is 1. The Balaban J connectivity index is -0.000000653. The van der Waals surface area contributed by atoms with E-state index in [4.69, 9.17) is 5.73 Å². The van der Waals surface area contributed by atoms with Gasteiger partial charge in [-0.1, -0.05) is 42.4 Å². The zero-order valence-electron chi connectivity index (χ0n) is 10.3. The van der Waals surface area contributed by atoms with Crippen molar-refractivity contribution >= 4 is 14.0 Å². The van der Waals surface area contributed by atoms with E-state index < -0.39 is 14.0 Å². The fourth-order valence-corrected chi connectivity index (χ4v) is 4.74. The van der Waals surface area contributed by atoms with E-state index in [1.807, 2.05) is 0 Å². The maximum Gasteiger partial charge on any atom is 4.00 e. The van der Waals surface area contributed by atoms with E-state index in [2.05, 4.69) is 31.3 Å². The third-order valence-corrected chi connectivity index (χ3v) is 6.26. The van der Waals surface area contributed by atoms with Gasteiger partial charge in [-0.25, -0.2) is 0 Å². The van der Waals surface area contributed by atoms with Gasteiger partial charge in [0, 0.05) is 8.07 Å². The van der Waals surface area contributed by atoms with Crippen molar-refractivity contribution in [3.8, 4) is 0 Å². The van der Waals surface area contributed by atoms with E-state index in [0.29, 0.717) is 5.92 Å². The van der Waals surface area contributed by atoms with Crippen LogP contribution in [0, 0.1) is 5.92 Å². The molecule has 1 aliphatic rings. The number of rotatable bonds is 4. The van der Waals surface area contributed by atoms with E-state index in [1.54, 1.807) is 6.92 Å². The summed E-state index contributed by atoms with van der Waals surface area (Å²) in [5.41, 5.74) is 7.05. The van der Waals surface area contributed by atoms with Gasteiger partial charge in [-0.15, -0.1) is 0 Å². The van der Waals surface area contributed by atoms with Crippen molar-refractivity contribution in [1.82, 2.24) is 0 Å². The number of halogens is 2. The molecule has 0 atom stereocenters. The van der Waals surface area contributed by atoms with Crippen LogP contribution in [-0.2, 0) is 26.5 Å². The van der Waals surface area contributed by atoms with Crippen LogP contribution in [0.5, 0.6) is 0 Å². The van der Waals surface area contributed by atoms with Gasteiger partial charge in [0.2, 0.25) is 0 Å². The standard InChI is InChI=1S/C11H18NOSi.2ClH.Ti/c1-9(11(12)13)8-14(2,3)10-6-4-5-7-10;;;/h4-6H,7-8H2,1-3H3,(H2,12,13);2*1H;/q-1;;;+4/p-3. The smallest absolute Gasteiger partial charge is 1.00 e. The van der Waals surface area contributed by atoms with Crippen LogP contribution < -0.4 is 24.8 Å². The molecule has 0 aromatic rings. The summed E-state index contributed by atoms with van der Waals surface area (Å²) in [4.78, 5) is 10.9. The van der Waals surface area contributed by atoms with E-state index in [0.717, 1.165) is 12.5 Å². The van der Waals surface area contributed by atoms with Crippen molar-refractivity contribution in [3.63, 3.8) is 0 Å². The quantitative estimate of drug-likeness (QED) is 0.409. The van der Waals surface area contributed by atoms with Gasteiger partial charge in [0.05, 0.1) is 0 Å². The van der Waals surface area contributed by atoms with Crippen LogP contribution in [0.25, 0.3) is 5.73 Å². The number of hydrogen-bond acceptors (Lipinski definition) is 1. The van der Waals surface area contributed by atoms with Gasteiger partial charge in [0.25, 0.3) is 0 Å². The molecule has 1 aliphatic carbocycles. The largest absolute Gasteiger partial charge is 4.00 e. The summed E-state index contributed by atoms with van der Waals surface area (Å²) < 4.78 is 0. The minimum absolute atomic E-state index is 0. The fraction of sp³-hybridized carbons (Fsp3) is 0.455. The van der Waals surface area contributed by atoms with Crippen LogP contribution in [0.3, 0.4) is 0 Å². The maximum absolute atomic E-state index is 10.9. The van der Waals surface area contributed by atoms with Gasteiger partial charge in [-0.3, -0.25) is 0 Å². The Morgan fingerprint density at radius 2 is 2.00 bits per heavy atom. The Morgan fingerprint density at radius 3 is 2.35 bits per heavy atom. The zero-order valence-corrected chi connectivity index (χ0v) is 14.4. The molecule has 0 bridgehead atoms. The Hall–Kier alpha value is 0.331. The summed E-state index contributed by atoms with van der Waals surface area (Å²) in [5, 5.41) is 1.48. The van der Waals surface area contributed by atoms with Crippen LogP contribution in [0.2, 0.25) is 19.1 Å². The molecule has 0 aromatic heterocycles. The molecule has 17 heavy (non-hydrogen) atoms. The molecule has 2 nitrogen and oxygen atoms in total. The minimum Gasteiger partial charge on any atom is -1.00 e. The predicted molar refractivity (Wildman–Crippen MR) is 62.4 cm³/mol. The first-order chi connectivity index (χ1) is 6.43. The monoisotopic (exact) mass is 325 g/mol. The van der Waals surface area contributed by atoms with Crippen LogP contribution in [-0.4, -0.2) is 14.0 Å². The van der Waals surface area contributed by atoms with Crippen molar-refractivity contribution in [2.45, 2.75) is 32.5 Å². The summed E-state index contributed by atoms with van der Waals surface area (Å²) in [7, 11) is -1.48. The second-order valence-corrected chi connectivity index (χ2v) is 9.26. The fourth-order valence-electron chi connectivity index (χ4n) is 1.81. The maximum atomic E-state index is 10.9. The predicted octanol–water partition coefficient (Wildman–Crippen LogP) is -2.70. The normalized spacial score (nSPS) is 12.8. The summed E-state index contributed by atoms with van der Waals surface area (Å²) in [6.45, 7) is 6.31. The van der Waals surface area contributed by atoms with E-state index in [9.17, 15) is 4.79 Å². The van der Waals surface area contributed by atoms with Crippen molar-refractivity contribution in [2.75, 3.05) is 0 Å². The Morgan fingerprint density at radius 1 is 1.47 bits per heavy atom. The topological polar surface area (TPSA) is 40.9 Å². The van der Waals surface area contributed by atoms with Crippen LogP contribution in [0.15, 0.2) is 23.4 Å². The molecule has 94 valence electrons. The second-order valence-electron chi connectivity index (χ2n) is 4.49. The summed E-state index contributed by atoms with van der Waals surface area (Å²) >= 11 is 0. The zero-order chi connectivity index (χ0) is 10.8. The molecule has 1 N–H and O–H groups in total. The summed E-state index contributed by atoms with van der Waals surface area (Å²) in [6, 6.07) is 0.822. The molecule has 0 saturated carbocycles. The van der Waals surface area contributed by atoms with Crippen molar-refractivity contribution in [1.29, 1.82) is 0 Å². The molecule has 6 heteroatoms. The third-order valence-electron chi connectivity index (χ3n) is 2.74. The number of allylic oxidation sites excluding steroid dienone is 4. The summed E-state index contributed by atoms with van der Waals surface area (Å²) in [6.07, 6.45) is 7.45. The molecule has 0 heterocycles. The molecule has 1 rings (SSSR count). The number of hydrogen-bond donors (Lipinski definition) is 0. The molecular weight excluding hydrogens is 309 g/mol. The third kappa shape index (κ3) is 6.73. The van der Waals surface area contributed by atoms with Crippen molar-refractivity contribution < 1.29 is 51.3 Å². The first kappa shape index (κ1) is 22.5. The van der Waals surface area contributed by atoms with E-state index >= 15 is 0 Å². The van der Waals surface area contributed by atoms with Gasteiger partial charge in [0.15, 0.2) is 0 Å². The van der Waals surface area contributed by atoms with E-state index in [1.165, 1.54) is 5.20 Å². The van der Waals surface area contributed by atoms with Crippen molar-refractivity contribution in [3.05, 3.63) is 35.1 Å². The van der Waals surface area contributed by atoms with Crippen LogP contribution in [0.1, 0.15) is 13.3 Å². The number of carbonyl (C=O) groups excluding carboxylic acids is 1. The van der Waals surface area contributed by atoms with Gasteiger partial charge in [0.1, 0.15) is 0 Å². The molecule has 1 amide bonds.